The largest absolute Gasteiger partial charge is 0.355 e. The number of nitrogens with zero attached hydrogens (tertiary/aromatic N) is 4. The summed E-state index contributed by atoms with van der Waals surface area (Å²) in [4.78, 5) is 19.5. The van der Waals surface area contributed by atoms with Crippen LogP contribution in [0.2, 0.25) is 0 Å². The molecule has 0 radical (unpaired) electrons. The minimum absolute atomic E-state index is 0.104. The van der Waals surface area contributed by atoms with Crippen LogP contribution in [0.4, 0.5) is 5.82 Å². The van der Waals surface area contributed by atoms with E-state index in [2.05, 4.69) is 40.4 Å². The molecule has 1 fully saturated rings. The third-order valence-electron chi connectivity index (χ3n) is 4.94. The number of fused-ring (bicyclic) bond motifs is 1. The van der Waals surface area contributed by atoms with E-state index in [1.807, 2.05) is 19.2 Å². The first-order valence-electron chi connectivity index (χ1n) is 9.02. The smallest absolute Gasteiger partial charge is 0.272 e. The number of nitrogens with one attached hydrogen (secondary N) is 1. The number of amides is 1. The number of anilines is 1. The maximum atomic E-state index is 12.4. The fourth-order valence-electron chi connectivity index (χ4n) is 3.59. The number of aromatic nitrogens is 3. The number of rotatable bonds is 3. The number of para-hydroxylation sites is 1. The zero-order chi connectivity index (χ0) is 18.1. The normalized spacial score (nSPS) is 17.5. The molecule has 0 saturated carbocycles. The molecule has 3 heterocycles. The highest BCUT2D eigenvalue weighted by Crippen LogP contribution is 2.24. The summed E-state index contributed by atoms with van der Waals surface area (Å²) in [6.45, 7) is 3.85. The molecule has 6 heteroatoms. The van der Waals surface area contributed by atoms with Gasteiger partial charge in [0.1, 0.15) is 11.5 Å². The number of piperidine rings is 1. The number of hydrogen-bond acceptors (Lipinski definition) is 4. The predicted molar refractivity (Wildman–Crippen MR) is 102 cm³/mol. The average Bonchev–Trinajstić information content (AvgIpc) is 3.08. The Morgan fingerprint density at radius 1 is 1.27 bits per heavy atom. The van der Waals surface area contributed by atoms with Gasteiger partial charge in [-0.3, -0.25) is 9.48 Å². The minimum Gasteiger partial charge on any atom is -0.355 e. The van der Waals surface area contributed by atoms with Crippen molar-refractivity contribution >= 4 is 22.6 Å². The molecule has 1 saturated heterocycles. The highest BCUT2D eigenvalue weighted by atomic mass is 16.2. The summed E-state index contributed by atoms with van der Waals surface area (Å²) >= 11 is 0. The van der Waals surface area contributed by atoms with E-state index in [4.69, 9.17) is 4.98 Å². The van der Waals surface area contributed by atoms with Crippen molar-refractivity contribution in [1.82, 2.24) is 20.1 Å². The molecule has 1 amide bonds. The zero-order valence-electron chi connectivity index (χ0n) is 15.1. The average molecular weight is 349 g/mol. The van der Waals surface area contributed by atoms with E-state index in [0.717, 1.165) is 37.3 Å². The lowest BCUT2D eigenvalue weighted by molar-refractivity contribution is 0.0927. The number of hydrogen-bond donors (Lipinski definition) is 1. The van der Waals surface area contributed by atoms with Gasteiger partial charge in [0, 0.05) is 37.8 Å². The third kappa shape index (κ3) is 3.27. The van der Waals surface area contributed by atoms with Crippen LogP contribution in [0, 0.1) is 6.92 Å². The Balaban J connectivity index is 1.51. The molecule has 2 aromatic heterocycles. The van der Waals surface area contributed by atoms with E-state index in [9.17, 15) is 4.79 Å². The van der Waals surface area contributed by atoms with Crippen LogP contribution >= 0.6 is 0 Å². The predicted octanol–water partition coefficient (Wildman–Crippen LogP) is 2.68. The first-order valence-corrected chi connectivity index (χ1v) is 9.02. The van der Waals surface area contributed by atoms with E-state index in [1.165, 1.54) is 10.9 Å². The summed E-state index contributed by atoms with van der Waals surface area (Å²) in [6.07, 6.45) is 3.78. The molecule has 6 nitrogen and oxygen atoms in total. The van der Waals surface area contributed by atoms with Crippen LogP contribution in [0.3, 0.4) is 0 Å². The Kier molecular flexibility index (Phi) is 4.32. The minimum atomic E-state index is -0.111. The van der Waals surface area contributed by atoms with Crippen molar-refractivity contribution in [2.45, 2.75) is 25.8 Å². The summed E-state index contributed by atoms with van der Waals surface area (Å²) in [7, 11) is 1.81. The van der Waals surface area contributed by atoms with Gasteiger partial charge in [-0.05, 0) is 43.5 Å². The zero-order valence-corrected chi connectivity index (χ0v) is 15.1. The molecule has 0 spiro atoms. The Labute approximate surface area is 152 Å². The Morgan fingerprint density at radius 3 is 2.92 bits per heavy atom. The van der Waals surface area contributed by atoms with Gasteiger partial charge in [-0.15, -0.1) is 0 Å². The highest BCUT2D eigenvalue weighted by molar-refractivity contribution is 5.92. The van der Waals surface area contributed by atoms with Crippen LogP contribution in [0.25, 0.3) is 10.9 Å². The quantitative estimate of drug-likeness (QED) is 0.790. The van der Waals surface area contributed by atoms with Crippen LogP contribution < -0.4 is 10.2 Å². The fourth-order valence-corrected chi connectivity index (χ4v) is 3.59. The number of pyridine rings is 1. The van der Waals surface area contributed by atoms with Crippen molar-refractivity contribution in [3.05, 3.63) is 53.9 Å². The van der Waals surface area contributed by atoms with Gasteiger partial charge in [0.25, 0.3) is 5.91 Å². The van der Waals surface area contributed by atoms with Crippen LogP contribution in [-0.4, -0.2) is 39.8 Å². The van der Waals surface area contributed by atoms with Crippen molar-refractivity contribution in [2.75, 3.05) is 18.0 Å². The SMILES string of the molecule is Cc1cc(N2CCCC(NC(=O)c3ccn(C)n3)C2)nc2ccccc12. The van der Waals surface area contributed by atoms with Crippen LogP contribution in [0.5, 0.6) is 0 Å². The van der Waals surface area contributed by atoms with E-state index in [0.29, 0.717) is 5.69 Å². The van der Waals surface area contributed by atoms with E-state index in [1.54, 1.807) is 16.9 Å². The van der Waals surface area contributed by atoms with E-state index in [-0.39, 0.29) is 11.9 Å². The molecule has 3 aromatic rings. The highest BCUT2D eigenvalue weighted by Gasteiger charge is 2.24. The van der Waals surface area contributed by atoms with Crippen molar-refractivity contribution in [3.63, 3.8) is 0 Å². The molecule has 0 aliphatic carbocycles. The van der Waals surface area contributed by atoms with E-state index < -0.39 is 0 Å². The Morgan fingerprint density at radius 2 is 2.12 bits per heavy atom. The van der Waals surface area contributed by atoms with Gasteiger partial charge in [0.05, 0.1) is 5.52 Å². The second-order valence-corrected chi connectivity index (χ2v) is 6.95. The van der Waals surface area contributed by atoms with Crippen molar-refractivity contribution in [2.24, 2.45) is 7.05 Å². The van der Waals surface area contributed by atoms with E-state index >= 15 is 0 Å². The molecule has 1 atom stereocenters. The summed E-state index contributed by atoms with van der Waals surface area (Å²) in [6, 6.07) is 12.2. The lowest BCUT2D eigenvalue weighted by atomic mass is 10.0. The molecule has 1 aliphatic heterocycles. The number of benzene rings is 1. The lowest BCUT2D eigenvalue weighted by Crippen LogP contribution is -2.48. The van der Waals surface area contributed by atoms with Gasteiger partial charge in [0.2, 0.25) is 0 Å². The number of carbonyl (C=O) groups excluding carboxylic acids is 1. The Bertz CT molecular complexity index is 948. The summed E-state index contributed by atoms with van der Waals surface area (Å²) in [5.41, 5.74) is 2.71. The molecule has 1 aliphatic rings. The lowest BCUT2D eigenvalue weighted by Gasteiger charge is -2.34. The number of carbonyl (C=O) groups is 1. The van der Waals surface area contributed by atoms with Crippen LogP contribution in [0.15, 0.2) is 42.6 Å². The summed E-state index contributed by atoms with van der Waals surface area (Å²) < 4.78 is 1.64. The van der Waals surface area contributed by atoms with Gasteiger partial charge >= 0.3 is 0 Å². The molecule has 4 rings (SSSR count). The molecule has 26 heavy (non-hydrogen) atoms. The van der Waals surface area contributed by atoms with Crippen molar-refractivity contribution in [3.8, 4) is 0 Å². The van der Waals surface area contributed by atoms with Crippen molar-refractivity contribution in [1.29, 1.82) is 0 Å². The monoisotopic (exact) mass is 349 g/mol. The first kappa shape index (κ1) is 16.6. The molecule has 1 N–H and O–H groups in total. The standard InChI is InChI=1S/C20H23N5O/c1-14-12-19(22-17-8-4-3-7-16(14)17)25-10-5-6-15(13-25)21-20(26)18-9-11-24(2)23-18/h3-4,7-9,11-12,15H,5-6,10,13H2,1-2H3,(H,21,26). The maximum Gasteiger partial charge on any atom is 0.272 e. The second kappa shape index (κ2) is 6.78. The van der Waals surface area contributed by atoms with Gasteiger partial charge in [-0.1, -0.05) is 18.2 Å². The molecular formula is C20H23N5O. The topological polar surface area (TPSA) is 63.1 Å². The maximum absolute atomic E-state index is 12.4. The fraction of sp³-hybridized carbons (Fsp3) is 0.350. The van der Waals surface area contributed by atoms with Gasteiger partial charge in [-0.25, -0.2) is 4.98 Å². The Hall–Kier alpha value is -2.89. The van der Waals surface area contributed by atoms with Crippen LogP contribution in [0.1, 0.15) is 28.9 Å². The van der Waals surface area contributed by atoms with Gasteiger partial charge in [0.15, 0.2) is 0 Å². The van der Waals surface area contributed by atoms with Gasteiger partial charge < -0.3 is 10.2 Å². The molecule has 134 valence electrons. The van der Waals surface area contributed by atoms with Crippen LogP contribution in [-0.2, 0) is 7.05 Å². The van der Waals surface area contributed by atoms with Crippen molar-refractivity contribution < 1.29 is 4.79 Å². The summed E-state index contributed by atoms with van der Waals surface area (Å²) in [5, 5.41) is 8.48. The molecule has 1 aromatic carbocycles. The molecule has 1 unspecified atom stereocenters. The molecule has 0 bridgehead atoms. The van der Waals surface area contributed by atoms with Gasteiger partial charge in [-0.2, -0.15) is 5.10 Å². The summed E-state index contributed by atoms with van der Waals surface area (Å²) in [5.74, 6) is 0.873. The number of aryl methyl sites for hydroxylation is 2. The molecular weight excluding hydrogens is 326 g/mol. The third-order valence-corrected chi connectivity index (χ3v) is 4.94. The second-order valence-electron chi connectivity index (χ2n) is 6.95. The first-order chi connectivity index (χ1) is 12.6.